The second kappa shape index (κ2) is 7.60. The van der Waals surface area contributed by atoms with E-state index in [0.717, 1.165) is 0 Å². The molecule has 144 valence electrons. The first-order valence-electron chi connectivity index (χ1n) is 8.54. The molecule has 3 rings (SSSR count). The molecule has 6 nitrogen and oxygen atoms in total. The van der Waals surface area contributed by atoms with Gasteiger partial charge in [0.15, 0.2) is 11.6 Å². The third-order valence-corrected chi connectivity index (χ3v) is 4.57. The minimum Gasteiger partial charge on any atom is -0.506 e. The van der Waals surface area contributed by atoms with E-state index in [1.165, 1.54) is 28.3 Å². The van der Waals surface area contributed by atoms with Gasteiger partial charge in [-0.05, 0) is 19.1 Å². The number of carbonyl (C=O) groups excluding carboxylic acids is 2. The van der Waals surface area contributed by atoms with Gasteiger partial charge in [-0.3, -0.25) is 9.59 Å². The van der Waals surface area contributed by atoms with E-state index < -0.39 is 11.6 Å². The van der Waals surface area contributed by atoms with Crippen molar-refractivity contribution in [2.45, 2.75) is 6.92 Å². The van der Waals surface area contributed by atoms with Crippen LogP contribution in [0.3, 0.4) is 0 Å². The summed E-state index contributed by atoms with van der Waals surface area (Å²) in [5, 5.41) is 11.7. The Balaban J connectivity index is 2.54. The molecule has 0 fully saturated rings. The molecule has 0 aliphatic heterocycles. The first-order chi connectivity index (χ1) is 13.5. The number of rotatable bonds is 6. The van der Waals surface area contributed by atoms with Crippen LogP contribution in [0.15, 0.2) is 42.5 Å². The average molecular weight is 380 g/mol. The SMILES string of the molecule is COc1ccc(OC)c2c(OC)c(C(C)=O)c(C(=O)c3ccccc3)c(O)c12. The van der Waals surface area contributed by atoms with Crippen LogP contribution in [0.2, 0.25) is 0 Å². The number of fused-ring (bicyclic) bond motifs is 1. The van der Waals surface area contributed by atoms with E-state index >= 15 is 0 Å². The van der Waals surface area contributed by atoms with E-state index in [4.69, 9.17) is 14.2 Å². The van der Waals surface area contributed by atoms with Crippen LogP contribution in [0.5, 0.6) is 23.0 Å². The first-order valence-corrected chi connectivity index (χ1v) is 8.54. The number of benzene rings is 3. The minimum atomic E-state index is -0.492. The standard InChI is InChI=1S/C22H20O6/c1-12(23)16-19(20(24)13-8-6-5-7-9-13)21(25)17-14(26-2)10-11-15(27-3)18(17)22(16)28-4/h5-11,25H,1-4H3. The van der Waals surface area contributed by atoms with Crippen molar-refractivity contribution in [2.24, 2.45) is 0 Å². The minimum absolute atomic E-state index is 0.00657. The number of carbonyl (C=O) groups is 2. The van der Waals surface area contributed by atoms with Gasteiger partial charge in [-0.15, -0.1) is 0 Å². The molecule has 0 radical (unpaired) electrons. The zero-order chi connectivity index (χ0) is 20.4. The number of hydrogen-bond acceptors (Lipinski definition) is 6. The zero-order valence-electron chi connectivity index (χ0n) is 16.0. The number of phenols is 1. The average Bonchev–Trinajstić information content (AvgIpc) is 2.72. The van der Waals surface area contributed by atoms with E-state index in [-0.39, 0.29) is 28.0 Å². The molecule has 0 saturated carbocycles. The maximum absolute atomic E-state index is 13.2. The highest BCUT2D eigenvalue weighted by atomic mass is 16.5. The molecule has 0 bridgehead atoms. The number of Topliss-reactive ketones (excluding diaryl/α,β-unsaturated/α-hetero) is 1. The van der Waals surface area contributed by atoms with Gasteiger partial charge in [-0.2, -0.15) is 0 Å². The van der Waals surface area contributed by atoms with E-state index in [1.807, 2.05) is 0 Å². The van der Waals surface area contributed by atoms with Gasteiger partial charge in [0, 0.05) is 5.56 Å². The lowest BCUT2D eigenvalue weighted by Gasteiger charge is -2.20. The zero-order valence-corrected chi connectivity index (χ0v) is 16.0. The third kappa shape index (κ3) is 2.93. The van der Waals surface area contributed by atoms with Crippen LogP contribution < -0.4 is 14.2 Å². The number of phenolic OH excluding ortho intramolecular Hbond substituents is 1. The van der Waals surface area contributed by atoms with Crippen molar-refractivity contribution in [1.29, 1.82) is 0 Å². The van der Waals surface area contributed by atoms with Gasteiger partial charge in [0.1, 0.15) is 23.0 Å². The van der Waals surface area contributed by atoms with Crippen molar-refractivity contribution in [3.05, 3.63) is 59.2 Å². The monoisotopic (exact) mass is 380 g/mol. The van der Waals surface area contributed by atoms with E-state index in [0.29, 0.717) is 22.4 Å². The van der Waals surface area contributed by atoms with Gasteiger partial charge in [0.25, 0.3) is 0 Å². The smallest absolute Gasteiger partial charge is 0.197 e. The fraction of sp³-hybridized carbons (Fsp3) is 0.182. The summed E-state index contributed by atoms with van der Waals surface area (Å²) in [6.07, 6.45) is 0. The van der Waals surface area contributed by atoms with Crippen LogP contribution in [-0.4, -0.2) is 38.0 Å². The highest BCUT2D eigenvalue weighted by Crippen LogP contribution is 2.48. The fourth-order valence-corrected chi connectivity index (χ4v) is 3.34. The summed E-state index contributed by atoms with van der Waals surface area (Å²) in [5.41, 5.74) is 0.200. The predicted octanol–water partition coefficient (Wildman–Crippen LogP) is 4.00. The van der Waals surface area contributed by atoms with E-state index in [9.17, 15) is 14.7 Å². The maximum Gasteiger partial charge on any atom is 0.197 e. The van der Waals surface area contributed by atoms with Crippen LogP contribution in [0, 0.1) is 0 Å². The van der Waals surface area contributed by atoms with Crippen LogP contribution in [0.1, 0.15) is 33.2 Å². The number of methoxy groups -OCH3 is 3. The second-order valence-corrected chi connectivity index (χ2v) is 6.10. The lowest BCUT2D eigenvalue weighted by Crippen LogP contribution is -2.12. The molecule has 0 amide bonds. The largest absolute Gasteiger partial charge is 0.506 e. The van der Waals surface area contributed by atoms with E-state index in [1.54, 1.807) is 42.5 Å². The molecule has 0 aliphatic carbocycles. The summed E-state index contributed by atoms with van der Waals surface area (Å²) in [7, 11) is 4.31. The van der Waals surface area contributed by atoms with Crippen LogP contribution in [0.4, 0.5) is 0 Å². The van der Waals surface area contributed by atoms with Crippen molar-refractivity contribution in [2.75, 3.05) is 21.3 Å². The molecule has 0 spiro atoms. The van der Waals surface area contributed by atoms with Gasteiger partial charge in [-0.1, -0.05) is 30.3 Å². The molecular weight excluding hydrogens is 360 g/mol. The molecule has 0 saturated heterocycles. The second-order valence-electron chi connectivity index (χ2n) is 6.10. The van der Waals surface area contributed by atoms with Gasteiger partial charge in [0.2, 0.25) is 0 Å². The summed E-state index contributed by atoms with van der Waals surface area (Å²) < 4.78 is 16.3. The molecule has 0 aromatic heterocycles. The Bertz CT molecular complexity index is 1070. The summed E-state index contributed by atoms with van der Waals surface area (Å²) >= 11 is 0. The third-order valence-electron chi connectivity index (χ3n) is 4.57. The van der Waals surface area contributed by atoms with Gasteiger partial charge >= 0.3 is 0 Å². The van der Waals surface area contributed by atoms with Crippen molar-refractivity contribution in [3.8, 4) is 23.0 Å². The lowest BCUT2D eigenvalue weighted by molar-refractivity contribution is 0.0986. The van der Waals surface area contributed by atoms with Crippen molar-refractivity contribution in [3.63, 3.8) is 0 Å². The van der Waals surface area contributed by atoms with E-state index in [2.05, 4.69) is 0 Å². The van der Waals surface area contributed by atoms with Crippen LogP contribution in [0.25, 0.3) is 10.8 Å². The van der Waals surface area contributed by atoms with Gasteiger partial charge in [0.05, 0.1) is 43.2 Å². The summed E-state index contributed by atoms with van der Waals surface area (Å²) in [5.74, 6) is -0.416. The number of hydrogen-bond donors (Lipinski definition) is 1. The summed E-state index contributed by atoms with van der Waals surface area (Å²) in [6.45, 7) is 1.32. The Morgan fingerprint density at radius 1 is 0.786 bits per heavy atom. The topological polar surface area (TPSA) is 82.1 Å². The van der Waals surface area contributed by atoms with Crippen molar-refractivity contribution in [1.82, 2.24) is 0 Å². The molecule has 3 aromatic carbocycles. The number of ketones is 2. The number of aromatic hydroxyl groups is 1. The molecule has 6 heteroatoms. The number of ether oxygens (including phenoxy) is 3. The molecule has 3 aromatic rings. The van der Waals surface area contributed by atoms with Crippen molar-refractivity contribution < 1.29 is 28.9 Å². The fourth-order valence-electron chi connectivity index (χ4n) is 3.34. The predicted molar refractivity (Wildman–Crippen MR) is 105 cm³/mol. The molecule has 0 heterocycles. The van der Waals surface area contributed by atoms with Crippen LogP contribution >= 0.6 is 0 Å². The summed E-state index contributed by atoms with van der Waals surface area (Å²) in [6, 6.07) is 11.7. The molecule has 1 N–H and O–H groups in total. The molecule has 0 aliphatic rings. The quantitative estimate of drug-likeness (QED) is 0.651. The summed E-state index contributed by atoms with van der Waals surface area (Å²) in [4.78, 5) is 25.7. The molecular formula is C22H20O6. The highest BCUT2D eigenvalue weighted by molar-refractivity contribution is 6.23. The lowest BCUT2D eigenvalue weighted by atomic mass is 9.90. The first kappa shape index (κ1) is 19.2. The Morgan fingerprint density at radius 3 is 1.86 bits per heavy atom. The van der Waals surface area contributed by atoms with Crippen LogP contribution in [-0.2, 0) is 0 Å². The Labute approximate surface area is 162 Å². The normalized spacial score (nSPS) is 10.6. The Hall–Kier alpha value is -3.54. The van der Waals surface area contributed by atoms with Crippen molar-refractivity contribution >= 4 is 22.3 Å². The molecule has 0 unspecified atom stereocenters. The maximum atomic E-state index is 13.2. The highest BCUT2D eigenvalue weighted by Gasteiger charge is 2.31. The Morgan fingerprint density at radius 2 is 1.36 bits per heavy atom. The van der Waals surface area contributed by atoms with Gasteiger partial charge in [-0.25, -0.2) is 0 Å². The van der Waals surface area contributed by atoms with Gasteiger partial charge < -0.3 is 19.3 Å². The Kier molecular flexibility index (Phi) is 5.22. The molecule has 28 heavy (non-hydrogen) atoms. The molecule has 0 atom stereocenters.